The van der Waals surface area contributed by atoms with Gasteiger partial charge in [0.25, 0.3) is 0 Å². The van der Waals surface area contributed by atoms with Gasteiger partial charge in [-0.15, -0.1) is 0 Å². The number of cyclic esters (lactones) is 1. The molecule has 0 saturated carbocycles. The molecule has 0 bridgehead atoms. The highest BCUT2D eigenvalue weighted by Crippen LogP contribution is 2.28. The molecule has 4 heteroatoms. The van der Waals surface area contributed by atoms with Crippen LogP contribution in [-0.4, -0.2) is 17.0 Å². The molecule has 1 aliphatic heterocycles. The normalized spacial score (nSPS) is 13.7. The average molecular weight is 190 g/mol. The minimum atomic E-state index is -1.04. The van der Waals surface area contributed by atoms with E-state index in [2.05, 4.69) is 6.58 Å². The second-order valence-electron chi connectivity index (χ2n) is 2.88. The lowest BCUT2D eigenvalue weighted by molar-refractivity contribution is 0.0691. The molecule has 0 unspecified atom stereocenters. The highest BCUT2D eigenvalue weighted by atomic mass is 16.5. The zero-order valence-electron chi connectivity index (χ0n) is 7.11. The summed E-state index contributed by atoms with van der Waals surface area (Å²) < 4.78 is 4.74. The SMILES string of the molecule is C=C1OC(=O)c2ccc(C(=O)O)cc21. The molecule has 0 radical (unpaired) electrons. The standard InChI is InChI=1S/C10H6O4/c1-5-8-4-6(9(11)12)2-3-7(8)10(13)14-5/h2-4H,1H2,(H,11,12). The maximum absolute atomic E-state index is 11.1. The summed E-state index contributed by atoms with van der Waals surface area (Å²) in [5.74, 6) is -1.32. The highest BCUT2D eigenvalue weighted by molar-refractivity contribution is 6.04. The van der Waals surface area contributed by atoms with Crippen molar-refractivity contribution >= 4 is 17.7 Å². The number of carboxylic acids is 1. The maximum Gasteiger partial charge on any atom is 0.344 e. The fraction of sp³-hybridized carbons (Fsp3) is 0. The van der Waals surface area contributed by atoms with Crippen molar-refractivity contribution in [3.05, 3.63) is 41.5 Å². The minimum Gasteiger partial charge on any atom is -0.478 e. The number of benzene rings is 1. The highest BCUT2D eigenvalue weighted by Gasteiger charge is 2.25. The van der Waals surface area contributed by atoms with E-state index in [-0.39, 0.29) is 11.3 Å². The molecule has 14 heavy (non-hydrogen) atoms. The molecule has 1 heterocycles. The van der Waals surface area contributed by atoms with Gasteiger partial charge in [0.05, 0.1) is 11.1 Å². The van der Waals surface area contributed by atoms with E-state index in [4.69, 9.17) is 9.84 Å². The van der Waals surface area contributed by atoms with Gasteiger partial charge in [-0.2, -0.15) is 0 Å². The van der Waals surface area contributed by atoms with Crippen molar-refractivity contribution in [2.24, 2.45) is 0 Å². The zero-order valence-corrected chi connectivity index (χ0v) is 7.11. The third-order valence-electron chi connectivity index (χ3n) is 2.00. The van der Waals surface area contributed by atoms with Crippen LogP contribution in [0.1, 0.15) is 26.3 Å². The predicted octanol–water partition coefficient (Wildman–Crippen LogP) is 1.53. The summed E-state index contributed by atoms with van der Waals surface area (Å²) in [5, 5.41) is 8.71. The van der Waals surface area contributed by atoms with Crippen LogP contribution in [0.25, 0.3) is 5.76 Å². The third-order valence-corrected chi connectivity index (χ3v) is 2.00. The molecule has 0 aromatic heterocycles. The van der Waals surface area contributed by atoms with Gasteiger partial charge < -0.3 is 9.84 Å². The summed E-state index contributed by atoms with van der Waals surface area (Å²) in [7, 11) is 0. The number of carboxylic acid groups (broad SMARTS) is 1. The molecule has 0 spiro atoms. The average Bonchev–Trinajstić information content (AvgIpc) is 2.42. The van der Waals surface area contributed by atoms with Crippen LogP contribution in [-0.2, 0) is 4.74 Å². The predicted molar refractivity (Wildman–Crippen MR) is 47.9 cm³/mol. The molecule has 0 saturated heterocycles. The summed E-state index contributed by atoms with van der Waals surface area (Å²) in [6.07, 6.45) is 0. The molecule has 1 aromatic carbocycles. The lowest BCUT2D eigenvalue weighted by Crippen LogP contribution is -1.98. The fourth-order valence-electron chi connectivity index (χ4n) is 1.31. The molecular formula is C10H6O4. The Morgan fingerprint density at radius 2 is 2.07 bits per heavy atom. The van der Waals surface area contributed by atoms with Crippen LogP contribution >= 0.6 is 0 Å². The number of ether oxygens (including phenoxy) is 1. The van der Waals surface area contributed by atoms with Crippen molar-refractivity contribution in [2.45, 2.75) is 0 Å². The summed E-state index contributed by atoms with van der Waals surface area (Å²) in [5.41, 5.74) is 0.929. The Kier molecular flexibility index (Phi) is 1.64. The van der Waals surface area contributed by atoms with E-state index in [0.29, 0.717) is 11.1 Å². The van der Waals surface area contributed by atoms with E-state index in [9.17, 15) is 9.59 Å². The molecule has 0 amide bonds. The van der Waals surface area contributed by atoms with Crippen LogP contribution in [0.2, 0.25) is 0 Å². The Bertz CT molecular complexity index is 459. The van der Waals surface area contributed by atoms with Crippen LogP contribution in [0, 0.1) is 0 Å². The maximum atomic E-state index is 11.1. The van der Waals surface area contributed by atoms with Crippen LogP contribution in [0.4, 0.5) is 0 Å². The topological polar surface area (TPSA) is 63.6 Å². The Hall–Kier alpha value is -2.10. The number of carbonyl (C=O) groups excluding carboxylic acids is 1. The monoisotopic (exact) mass is 190 g/mol. The number of esters is 1. The fourth-order valence-corrected chi connectivity index (χ4v) is 1.31. The molecule has 1 N–H and O–H groups in total. The molecule has 1 aliphatic rings. The number of carbonyl (C=O) groups is 2. The smallest absolute Gasteiger partial charge is 0.344 e. The quantitative estimate of drug-likeness (QED) is 0.682. The van der Waals surface area contributed by atoms with Crippen LogP contribution < -0.4 is 0 Å². The first kappa shape index (κ1) is 8.50. The Morgan fingerprint density at radius 1 is 1.36 bits per heavy atom. The van der Waals surface area contributed by atoms with Gasteiger partial charge in [0.2, 0.25) is 0 Å². The summed E-state index contributed by atoms with van der Waals surface area (Å²) in [6, 6.07) is 4.17. The van der Waals surface area contributed by atoms with Gasteiger partial charge in [0, 0.05) is 5.56 Å². The van der Waals surface area contributed by atoms with Gasteiger partial charge in [0.1, 0.15) is 5.76 Å². The number of hydrogen-bond donors (Lipinski definition) is 1. The lowest BCUT2D eigenvalue weighted by Gasteiger charge is -1.97. The van der Waals surface area contributed by atoms with Gasteiger partial charge >= 0.3 is 11.9 Å². The van der Waals surface area contributed by atoms with Gasteiger partial charge in [-0.1, -0.05) is 6.58 Å². The van der Waals surface area contributed by atoms with E-state index in [1.54, 1.807) is 0 Å². The molecule has 1 aromatic rings. The minimum absolute atomic E-state index is 0.114. The molecule has 0 aliphatic carbocycles. The molecular weight excluding hydrogens is 184 g/mol. The first-order valence-corrected chi connectivity index (χ1v) is 3.88. The number of hydrogen-bond acceptors (Lipinski definition) is 3. The Balaban J connectivity index is 2.61. The summed E-state index contributed by atoms with van der Waals surface area (Å²) in [6.45, 7) is 3.51. The number of rotatable bonds is 1. The van der Waals surface area contributed by atoms with Crippen molar-refractivity contribution < 1.29 is 19.4 Å². The summed E-state index contributed by atoms with van der Waals surface area (Å²) in [4.78, 5) is 21.8. The van der Waals surface area contributed by atoms with E-state index < -0.39 is 11.9 Å². The van der Waals surface area contributed by atoms with Gasteiger partial charge in [-0.05, 0) is 18.2 Å². The van der Waals surface area contributed by atoms with Crippen LogP contribution in [0.15, 0.2) is 24.8 Å². The molecule has 70 valence electrons. The first-order chi connectivity index (χ1) is 6.59. The van der Waals surface area contributed by atoms with Crippen molar-refractivity contribution in [2.75, 3.05) is 0 Å². The summed E-state index contributed by atoms with van der Waals surface area (Å²) >= 11 is 0. The van der Waals surface area contributed by atoms with Crippen LogP contribution in [0.5, 0.6) is 0 Å². The van der Waals surface area contributed by atoms with Gasteiger partial charge in [-0.25, -0.2) is 9.59 Å². The van der Waals surface area contributed by atoms with Crippen LogP contribution in [0.3, 0.4) is 0 Å². The van der Waals surface area contributed by atoms with Crippen molar-refractivity contribution in [3.8, 4) is 0 Å². The van der Waals surface area contributed by atoms with E-state index >= 15 is 0 Å². The molecule has 0 fully saturated rings. The van der Waals surface area contributed by atoms with Crippen molar-refractivity contribution in [1.82, 2.24) is 0 Å². The second-order valence-corrected chi connectivity index (χ2v) is 2.88. The van der Waals surface area contributed by atoms with E-state index in [1.807, 2.05) is 0 Å². The molecule has 4 nitrogen and oxygen atoms in total. The number of fused-ring (bicyclic) bond motifs is 1. The van der Waals surface area contributed by atoms with E-state index in [0.717, 1.165) is 0 Å². The second kappa shape index (κ2) is 2.70. The third kappa shape index (κ3) is 1.08. The van der Waals surface area contributed by atoms with Crippen molar-refractivity contribution in [3.63, 3.8) is 0 Å². The number of aromatic carboxylic acids is 1. The first-order valence-electron chi connectivity index (χ1n) is 3.88. The largest absolute Gasteiger partial charge is 0.478 e. The Labute approximate surface area is 79.4 Å². The zero-order chi connectivity index (χ0) is 10.3. The lowest BCUT2D eigenvalue weighted by atomic mass is 10.1. The molecule has 2 rings (SSSR count). The Morgan fingerprint density at radius 3 is 2.71 bits per heavy atom. The molecule has 0 atom stereocenters. The van der Waals surface area contributed by atoms with E-state index in [1.165, 1.54) is 18.2 Å². The van der Waals surface area contributed by atoms with Gasteiger partial charge in [0.15, 0.2) is 0 Å². The van der Waals surface area contributed by atoms with Crippen molar-refractivity contribution in [1.29, 1.82) is 0 Å². The van der Waals surface area contributed by atoms with Gasteiger partial charge in [-0.3, -0.25) is 0 Å².